The van der Waals surface area contributed by atoms with Crippen LogP contribution in [0.1, 0.15) is 36.8 Å². The molecule has 2 aromatic carbocycles. The number of carbonyl (C=O) groups excluding carboxylic acids is 1. The van der Waals surface area contributed by atoms with Gasteiger partial charge in [-0.05, 0) is 72.9 Å². The van der Waals surface area contributed by atoms with Crippen LogP contribution in [-0.4, -0.2) is 32.8 Å². The van der Waals surface area contributed by atoms with Crippen molar-refractivity contribution in [2.24, 2.45) is 0 Å². The molecule has 1 saturated heterocycles. The smallest absolute Gasteiger partial charge is 0.224 e. The van der Waals surface area contributed by atoms with E-state index < -0.39 is 0 Å². The predicted molar refractivity (Wildman–Crippen MR) is 147 cm³/mol. The minimum Gasteiger partial charge on any atom is -0.508 e. The van der Waals surface area contributed by atoms with E-state index in [1.165, 1.54) is 0 Å². The van der Waals surface area contributed by atoms with E-state index in [-0.39, 0.29) is 23.7 Å². The van der Waals surface area contributed by atoms with E-state index in [0.29, 0.717) is 23.0 Å². The molecule has 0 bridgehead atoms. The Bertz CT molecular complexity index is 1420. The number of hydrogen-bond acceptors (Lipinski definition) is 5. The highest BCUT2D eigenvalue weighted by atomic mass is 32.1. The predicted octanol–water partition coefficient (Wildman–Crippen LogP) is 5.11. The number of aromatic nitrogens is 2. The number of ether oxygens (including phenoxy) is 1. The van der Waals surface area contributed by atoms with Gasteiger partial charge in [-0.2, -0.15) is 0 Å². The molecule has 5 rings (SSSR count). The number of thiocarbonyl (C=S) groups is 1. The molecule has 188 valence electrons. The Kier molecular flexibility index (Phi) is 6.78. The molecular formula is C28H27N5O3S. The SMILES string of the molecule is CCC(=O)Nc1ccc(N2C(=S)N[C@@H](c3ccccn3)[C@@H]2c2cccn2-c2ccc(O)cc2)cc1OC. The van der Waals surface area contributed by atoms with Crippen LogP contribution in [0, 0.1) is 0 Å². The van der Waals surface area contributed by atoms with E-state index in [4.69, 9.17) is 17.0 Å². The minimum absolute atomic E-state index is 0.0933. The van der Waals surface area contributed by atoms with Crippen LogP contribution in [-0.2, 0) is 4.79 Å². The molecule has 4 aromatic rings. The van der Waals surface area contributed by atoms with Gasteiger partial charge in [-0.1, -0.05) is 13.0 Å². The lowest BCUT2D eigenvalue weighted by molar-refractivity contribution is -0.115. The first-order valence-electron chi connectivity index (χ1n) is 12.0. The van der Waals surface area contributed by atoms with Crippen molar-refractivity contribution in [3.05, 3.63) is 96.6 Å². The van der Waals surface area contributed by atoms with E-state index in [1.807, 2.05) is 60.8 Å². The van der Waals surface area contributed by atoms with E-state index in [0.717, 1.165) is 22.8 Å². The number of methoxy groups -OCH3 is 1. The van der Waals surface area contributed by atoms with Crippen molar-refractivity contribution >= 4 is 34.6 Å². The lowest BCUT2D eigenvalue weighted by atomic mass is 10.0. The summed E-state index contributed by atoms with van der Waals surface area (Å²) in [6.45, 7) is 1.80. The number of nitrogens with one attached hydrogen (secondary N) is 2. The number of carbonyl (C=O) groups is 1. The highest BCUT2D eigenvalue weighted by Gasteiger charge is 2.42. The Labute approximate surface area is 220 Å². The van der Waals surface area contributed by atoms with Crippen LogP contribution >= 0.6 is 12.2 Å². The minimum atomic E-state index is -0.257. The van der Waals surface area contributed by atoms with Gasteiger partial charge in [0.25, 0.3) is 0 Å². The second-order valence-corrected chi connectivity index (χ2v) is 8.99. The van der Waals surface area contributed by atoms with E-state index >= 15 is 0 Å². The number of phenols is 1. The number of nitrogens with zero attached hydrogens (tertiary/aromatic N) is 3. The van der Waals surface area contributed by atoms with Crippen LogP contribution in [0.15, 0.2) is 85.2 Å². The standard InChI is InChI=1S/C28H27N5O3S/c1-3-25(35)30-21-14-11-19(17-24(21)36-2)33-27(26(31-28(33)37)22-7-4-5-15-29-22)23-8-6-16-32(23)18-9-12-20(34)13-10-18/h4-17,26-27,34H,3H2,1-2H3,(H,30,35)(H,31,37)/t26-,27-/m0/s1. The normalized spacial score (nSPS) is 16.9. The van der Waals surface area contributed by atoms with Gasteiger partial charge in [0.05, 0.1) is 24.5 Å². The quantitative estimate of drug-likeness (QED) is 0.296. The summed E-state index contributed by atoms with van der Waals surface area (Å²) in [6.07, 6.45) is 4.13. The first kappa shape index (κ1) is 24.3. The molecule has 1 amide bonds. The lowest BCUT2D eigenvalue weighted by Crippen LogP contribution is -2.30. The third-order valence-electron chi connectivity index (χ3n) is 6.37. The lowest BCUT2D eigenvalue weighted by Gasteiger charge is -2.29. The molecule has 3 heterocycles. The van der Waals surface area contributed by atoms with Crippen LogP contribution in [0.2, 0.25) is 0 Å². The third kappa shape index (κ3) is 4.73. The summed E-state index contributed by atoms with van der Waals surface area (Å²) < 4.78 is 7.70. The number of rotatable bonds is 7. The van der Waals surface area contributed by atoms with Crippen LogP contribution in [0.4, 0.5) is 11.4 Å². The molecule has 37 heavy (non-hydrogen) atoms. The van der Waals surface area contributed by atoms with Gasteiger partial charge >= 0.3 is 0 Å². The molecule has 0 radical (unpaired) electrons. The molecule has 2 atom stereocenters. The average Bonchev–Trinajstić information content (AvgIpc) is 3.54. The van der Waals surface area contributed by atoms with Gasteiger partial charge < -0.3 is 29.9 Å². The molecule has 3 N–H and O–H groups in total. The van der Waals surface area contributed by atoms with Crippen molar-refractivity contribution in [2.75, 3.05) is 17.3 Å². The molecule has 0 unspecified atom stereocenters. The first-order valence-corrected chi connectivity index (χ1v) is 12.4. The summed E-state index contributed by atoms with van der Waals surface area (Å²) in [5.74, 6) is 0.650. The van der Waals surface area contributed by atoms with Gasteiger partial charge in [0.15, 0.2) is 5.11 Å². The monoisotopic (exact) mass is 513 g/mol. The zero-order chi connectivity index (χ0) is 25.9. The Morgan fingerprint density at radius 3 is 2.59 bits per heavy atom. The summed E-state index contributed by atoms with van der Waals surface area (Å²) in [6, 6.07) is 22.1. The van der Waals surface area contributed by atoms with Crippen molar-refractivity contribution in [3.8, 4) is 17.2 Å². The fourth-order valence-electron chi connectivity index (χ4n) is 4.59. The van der Waals surface area contributed by atoms with Crippen molar-refractivity contribution in [1.82, 2.24) is 14.9 Å². The Hall–Kier alpha value is -4.37. The molecular weight excluding hydrogens is 486 g/mol. The zero-order valence-electron chi connectivity index (χ0n) is 20.5. The molecule has 9 heteroatoms. The Morgan fingerprint density at radius 2 is 1.89 bits per heavy atom. The molecule has 1 aliphatic heterocycles. The number of amides is 1. The van der Waals surface area contributed by atoms with Gasteiger partial charge in [0, 0.05) is 41.9 Å². The van der Waals surface area contributed by atoms with Crippen molar-refractivity contribution in [3.63, 3.8) is 0 Å². The fourth-order valence-corrected chi connectivity index (χ4v) is 4.93. The first-order chi connectivity index (χ1) is 18.0. The molecule has 8 nitrogen and oxygen atoms in total. The van der Waals surface area contributed by atoms with Crippen LogP contribution < -0.4 is 20.3 Å². The summed E-state index contributed by atoms with van der Waals surface area (Å²) in [5, 5.41) is 16.7. The summed E-state index contributed by atoms with van der Waals surface area (Å²) in [7, 11) is 1.57. The molecule has 1 aliphatic rings. The van der Waals surface area contributed by atoms with Gasteiger partial charge in [0.1, 0.15) is 17.5 Å². The highest BCUT2D eigenvalue weighted by Crippen LogP contribution is 2.44. The number of anilines is 2. The average molecular weight is 514 g/mol. The topological polar surface area (TPSA) is 91.7 Å². The zero-order valence-corrected chi connectivity index (χ0v) is 21.3. The number of hydrogen-bond donors (Lipinski definition) is 3. The summed E-state index contributed by atoms with van der Waals surface area (Å²) in [5.41, 5.74) is 4.16. The summed E-state index contributed by atoms with van der Waals surface area (Å²) in [4.78, 5) is 18.7. The molecule has 0 saturated carbocycles. The Balaban J connectivity index is 1.62. The van der Waals surface area contributed by atoms with Crippen molar-refractivity contribution < 1.29 is 14.6 Å². The summed E-state index contributed by atoms with van der Waals surface area (Å²) >= 11 is 5.86. The van der Waals surface area contributed by atoms with Gasteiger partial charge in [-0.25, -0.2) is 0 Å². The maximum atomic E-state index is 12.0. The van der Waals surface area contributed by atoms with E-state index in [1.54, 1.807) is 32.4 Å². The van der Waals surface area contributed by atoms with Crippen LogP contribution in [0.25, 0.3) is 5.69 Å². The van der Waals surface area contributed by atoms with Crippen LogP contribution in [0.5, 0.6) is 11.5 Å². The van der Waals surface area contributed by atoms with E-state index in [9.17, 15) is 9.90 Å². The van der Waals surface area contributed by atoms with Crippen molar-refractivity contribution in [2.45, 2.75) is 25.4 Å². The number of benzene rings is 2. The Morgan fingerprint density at radius 1 is 1.11 bits per heavy atom. The molecule has 0 spiro atoms. The van der Waals surface area contributed by atoms with E-state index in [2.05, 4.69) is 31.2 Å². The van der Waals surface area contributed by atoms with Gasteiger partial charge in [-0.3, -0.25) is 9.78 Å². The highest BCUT2D eigenvalue weighted by molar-refractivity contribution is 7.80. The fraction of sp³-hybridized carbons (Fsp3) is 0.179. The third-order valence-corrected chi connectivity index (χ3v) is 6.68. The maximum Gasteiger partial charge on any atom is 0.224 e. The van der Waals surface area contributed by atoms with Gasteiger partial charge in [-0.15, -0.1) is 0 Å². The second-order valence-electron chi connectivity index (χ2n) is 8.60. The number of aromatic hydroxyl groups is 1. The van der Waals surface area contributed by atoms with Crippen LogP contribution in [0.3, 0.4) is 0 Å². The molecule has 1 fully saturated rings. The molecule has 0 aliphatic carbocycles. The maximum absolute atomic E-state index is 12.0. The largest absolute Gasteiger partial charge is 0.508 e. The number of pyridine rings is 1. The van der Waals surface area contributed by atoms with Gasteiger partial charge in [0.2, 0.25) is 5.91 Å². The number of phenolic OH excluding ortho intramolecular Hbond substituents is 1. The van der Waals surface area contributed by atoms with Crippen molar-refractivity contribution in [1.29, 1.82) is 0 Å². The molecule has 2 aromatic heterocycles. The second kappa shape index (κ2) is 10.3.